The lowest BCUT2D eigenvalue weighted by atomic mass is 9.63. The molecule has 0 radical (unpaired) electrons. The van der Waals surface area contributed by atoms with Crippen molar-refractivity contribution < 1.29 is 4.74 Å². The second-order valence-corrected chi connectivity index (χ2v) is 9.35. The first-order valence-corrected chi connectivity index (χ1v) is 11.8. The van der Waals surface area contributed by atoms with E-state index in [0.717, 1.165) is 36.2 Å². The Hall–Kier alpha value is -0.0400. The van der Waals surface area contributed by atoms with E-state index in [1.807, 2.05) is 0 Å². The molecule has 0 heterocycles. The maximum absolute atomic E-state index is 6.28. The molecule has 2 aliphatic rings. The minimum atomic E-state index is 0.536. The van der Waals surface area contributed by atoms with E-state index in [2.05, 4.69) is 27.7 Å². The van der Waals surface area contributed by atoms with Gasteiger partial charge in [0.05, 0.1) is 6.10 Å². The van der Waals surface area contributed by atoms with Gasteiger partial charge in [0.15, 0.2) is 0 Å². The van der Waals surface area contributed by atoms with Crippen LogP contribution in [0.3, 0.4) is 0 Å². The minimum Gasteiger partial charge on any atom is -0.378 e. The highest BCUT2D eigenvalue weighted by atomic mass is 16.5. The Morgan fingerprint density at radius 1 is 0.720 bits per heavy atom. The summed E-state index contributed by atoms with van der Waals surface area (Å²) in [4.78, 5) is 0. The highest BCUT2D eigenvalue weighted by molar-refractivity contribution is 4.89. The molecule has 4 unspecified atom stereocenters. The fourth-order valence-electron chi connectivity index (χ4n) is 5.69. The zero-order valence-electron chi connectivity index (χ0n) is 17.8. The van der Waals surface area contributed by atoms with Crippen molar-refractivity contribution in [1.29, 1.82) is 0 Å². The average molecular weight is 351 g/mol. The van der Waals surface area contributed by atoms with Crippen molar-refractivity contribution in [1.82, 2.24) is 0 Å². The third kappa shape index (κ3) is 6.56. The SMILES string of the molecule is CCCCCOC1CCC(C2CCC(CCCCC)CC2)C(C)C1C. The van der Waals surface area contributed by atoms with Crippen LogP contribution < -0.4 is 0 Å². The number of unbranched alkanes of at least 4 members (excludes halogenated alkanes) is 4. The molecule has 0 bridgehead atoms. The van der Waals surface area contributed by atoms with E-state index in [-0.39, 0.29) is 0 Å². The van der Waals surface area contributed by atoms with Crippen LogP contribution in [0.25, 0.3) is 0 Å². The van der Waals surface area contributed by atoms with Gasteiger partial charge in [-0.15, -0.1) is 0 Å². The Morgan fingerprint density at radius 2 is 1.40 bits per heavy atom. The lowest BCUT2D eigenvalue weighted by Crippen LogP contribution is -2.40. The second-order valence-electron chi connectivity index (χ2n) is 9.35. The van der Waals surface area contributed by atoms with E-state index in [1.165, 1.54) is 83.5 Å². The molecule has 2 saturated carbocycles. The summed E-state index contributed by atoms with van der Waals surface area (Å²) in [5.41, 5.74) is 0. The van der Waals surface area contributed by atoms with Crippen molar-refractivity contribution in [3.05, 3.63) is 0 Å². The maximum atomic E-state index is 6.28. The van der Waals surface area contributed by atoms with Gasteiger partial charge >= 0.3 is 0 Å². The third-order valence-corrected chi connectivity index (χ3v) is 7.67. The van der Waals surface area contributed by atoms with Gasteiger partial charge < -0.3 is 4.74 Å². The Bertz CT molecular complexity index is 329. The van der Waals surface area contributed by atoms with Crippen LogP contribution in [0.2, 0.25) is 0 Å². The topological polar surface area (TPSA) is 9.23 Å². The summed E-state index contributed by atoms with van der Waals surface area (Å²) >= 11 is 0. The lowest BCUT2D eigenvalue weighted by Gasteiger charge is -2.45. The van der Waals surface area contributed by atoms with E-state index >= 15 is 0 Å². The molecule has 25 heavy (non-hydrogen) atoms. The fraction of sp³-hybridized carbons (Fsp3) is 1.00. The Morgan fingerprint density at radius 3 is 2.08 bits per heavy atom. The zero-order valence-corrected chi connectivity index (χ0v) is 17.8. The van der Waals surface area contributed by atoms with Crippen LogP contribution in [0.1, 0.15) is 111 Å². The molecule has 2 aliphatic carbocycles. The molecule has 148 valence electrons. The van der Waals surface area contributed by atoms with Gasteiger partial charge in [-0.05, 0) is 61.7 Å². The van der Waals surface area contributed by atoms with Gasteiger partial charge in [0.2, 0.25) is 0 Å². The molecule has 0 aromatic rings. The number of hydrogen-bond acceptors (Lipinski definition) is 1. The van der Waals surface area contributed by atoms with E-state index in [0.29, 0.717) is 6.10 Å². The zero-order chi connectivity index (χ0) is 18.1. The van der Waals surface area contributed by atoms with Crippen molar-refractivity contribution in [3.8, 4) is 0 Å². The molecule has 1 heteroatoms. The largest absolute Gasteiger partial charge is 0.378 e. The molecular weight excluding hydrogens is 304 g/mol. The smallest absolute Gasteiger partial charge is 0.0603 e. The van der Waals surface area contributed by atoms with Gasteiger partial charge in [0.1, 0.15) is 0 Å². The summed E-state index contributed by atoms with van der Waals surface area (Å²) in [6.07, 6.45) is 19.0. The minimum absolute atomic E-state index is 0.536. The quantitative estimate of drug-likeness (QED) is 0.368. The maximum Gasteiger partial charge on any atom is 0.0603 e. The van der Waals surface area contributed by atoms with Gasteiger partial charge in [-0.1, -0.05) is 79.1 Å². The van der Waals surface area contributed by atoms with Crippen LogP contribution in [-0.2, 0) is 4.74 Å². The second kappa shape index (κ2) is 11.6. The van der Waals surface area contributed by atoms with Gasteiger partial charge in [0, 0.05) is 6.61 Å². The predicted molar refractivity (Wildman–Crippen MR) is 110 cm³/mol. The normalized spacial score (nSPS) is 36.5. The van der Waals surface area contributed by atoms with Crippen LogP contribution in [0, 0.1) is 29.6 Å². The first-order valence-electron chi connectivity index (χ1n) is 11.8. The molecule has 1 nitrogen and oxygen atoms in total. The predicted octanol–water partition coefficient (Wildman–Crippen LogP) is 7.63. The molecule has 0 amide bonds. The van der Waals surface area contributed by atoms with Crippen LogP contribution in [0.5, 0.6) is 0 Å². The van der Waals surface area contributed by atoms with Gasteiger partial charge in [-0.2, -0.15) is 0 Å². The molecule has 0 saturated heterocycles. The van der Waals surface area contributed by atoms with Crippen molar-refractivity contribution in [2.45, 2.75) is 117 Å². The van der Waals surface area contributed by atoms with Crippen LogP contribution >= 0.6 is 0 Å². The molecule has 0 N–H and O–H groups in total. The number of hydrogen-bond donors (Lipinski definition) is 0. The first-order chi connectivity index (χ1) is 12.2. The molecule has 2 fully saturated rings. The molecule has 2 rings (SSSR count). The summed E-state index contributed by atoms with van der Waals surface area (Å²) in [7, 11) is 0. The Labute approximate surface area is 158 Å². The van der Waals surface area contributed by atoms with Gasteiger partial charge in [0.25, 0.3) is 0 Å². The molecule has 0 aromatic heterocycles. The third-order valence-electron chi connectivity index (χ3n) is 7.67. The average Bonchev–Trinajstić information content (AvgIpc) is 2.63. The van der Waals surface area contributed by atoms with Crippen LogP contribution in [-0.4, -0.2) is 12.7 Å². The summed E-state index contributed by atoms with van der Waals surface area (Å²) in [6.45, 7) is 10.6. The van der Waals surface area contributed by atoms with Crippen molar-refractivity contribution in [2.75, 3.05) is 6.61 Å². The lowest BCUT2D eigenvalue weighted by molar-refractivity contribution is -0.0562. The van der Waals surface area contributed by atoms with E-state index in [9.17, 15) is 0 Å². The highest BCUT2D eigenvalue weighted by Crippen LogP contribution is 2.46. The molecule has 0 aliphatic heterocycles. The monoisotopic (exact) mass is 350 g/mol. The first kappa shape index (κ1) is 21.3. The summed E-state index contributed by atoms with van der Waals surface area (Å²) < 4.78 is 6.28. The molecular formula is C24H46O. The van der Waals surface area contributed by atoms with Gasteiger partial charge in [-0.3, -0.25) is 0 Å². The van der Waals surface area contributed by atoms with Gasteiger partial charge in [-0.25, -0.2) is 0 Å². The Balaban J connectivity index is 1.71. The summed E-state index contributed by atoms with van der Waals surface area (Å²) in [5, 5.41) is 0. The highest BCUT2D eigenvalue weighted by Gasteiger charge is 2.39. The van der Waals surface area contributed by atoms with Crippen molar-refractivity contribution >= 4 is 0 Å². The molecule has 0 spiro atoms. The molecule has 0 aromatic carbocycles. The van der Waals surface area contributed by atoms with Crippen LogP contribution in [0.15, 0.2) is 0 Å². The number of rotatable bonds is 10. The van der Waals surface area contributed by atoms with Crippen LogP contribution in [0.4, 0.5) is 0 Å². The Kier molecular flexibility index (Phi) is 9.89. The summed E-state index contributed by atoms with van der Waals surface area (Å²) in [6, 6.07) is 0. The number of ether oxygens (including phenoxy) is 1. The van der Waals surface area contributed by atoms with E-state index in [1.54, 1.807) is 0 Å². The molecule has 4 atom stereocenters. The van der Waals surface area contributed by atoms with E-state index < -0.39 is 0 Å². The summed E-state index contributed by atoms with van der Waals surface area (Å²) in [5.74, 6) is 4.64. The van der Waals surface area contributed by atoms with Crippen molar-refractivity contribution in [3.63, 3.8) is 0 Å². The fourth-order valence-corrected chi connectivity index (χ4v) is 5.69. The van der Waals surface area contributed by atoms with Crippen molar-refractivity contribution in [2.24, 2.45) is 29.6 Å². The van der Waals surface area contributed by atoms with E-state index in [4.69, 9.17) is 4.74 Å². The standard InChI is InChI=1S/C24H46O/c1-5-7-9-11-21-12-14-22(15-13-21)23-16-17-24(20(4)19(23)3)25-18-10-8-6-2/h19-24H,5-18H2,1-4H3.